The molecule has 0 saturated carbocycles. The molecule has 1 heterocycles. The normalized spacial score (nSPS) is 10.7. The zero-order valence-electron chi connectivity index (χ0n) is 10.8. The van der Waals surface area contributed by atoms with Crippen LogP contribution in [0.15, 0.2) is 22.5 Å². The smallest absolute Gasteiger partial charge is 0.208 e. The Morgan fingerprint density at radius 2 is 2.16 bits per heavy atom. The molecule has 0 atom stereocenters. The van der Waals surface area contributed by atoms with Gasteiger partial charge in [-0.1, -0.05) is 35.2 Å². The van der Waals surface area contributed by atoms with Gasteiger partial charge in [-0.3, -0.25) is 0 Å². The molecule has 102 valence electrons. The van der Waals surface area contributed by atoms with E-state index in [-0.39, 0.29) is 5.82 Å². The van der Waals surface area contributed by atoms with Crippen molar-refractivity contribution in [1.29, 1.82) is 0 Å². The first-order valence-electron chi connectivity index (χ1n) is 5.71. The van der Waals surface area contributed by atoms with Crippen LogP contribution in [0, 0.1) is 5.82 Å². The highest BCUT2D eigenvalue weighted by Gasteiger charge is 2.09. The lowest BCUT2D eigenvalue weighted by Gasteiger charge is -2.04. The molecule has 0 radical (unpaired) electrons. The first-order valence-corrected chi connectivity index (χ1v) is 7.51. The van der Waals surface area contributed by atoms with Crippen LogP contribution < -0.4 is 10.6 Å². The van der Waals surface area contributed by atoms with Gasteiger partial charge >= 0.3 is 0 Å². The molecule has 7 heteroatoms. The van der Waals surface area contributed by atoms with E-state index < -0.39 is 0 Å². The van der Waals surface area contributed by atoms with E-state index in [1.807, 2.05) is 25.1 Å². The maximum Gasteiger partial charge on any atom is 0.208 e. The van der Waals surface area contributed by atoms with Gasteiger partial charge in [0, 0.05) is 26.4 Å². The van der Waals surface area contributed by atoms with E-state index in [0.717, 1.165) is 15.0 Å². The third kappa shape index (κ3) is 3.65. The number of rotatable bonds is 5. The molecule has 0 aliphatic rings. The van der Waals surface area contributed by atoms with E-state index >= 15 is 0 Å². The molecule has 0 bridgehead atoms. The minimum Gasteiger partial charge on any atom is -0.353 e. The average molecular weight is 298 g/mol. The number of hydrogen-bond donors (Lipinski definition) is 1. The van der Waals surface area contributed by atoms with Gasteiger partial charge in [-0.2, -0.15) is 0 Å². The average Bonchev–Trinajstić information content (AvgIpc) is 2.86. The van der Waals surface area contributed by atoms with Crippen LogP contribution in [0.1, 0.15) is 11.1 Å². The highest BCUT2D eigenvalue weighted by molar-refractivity contribution is 8.00. The number of hydrogen-bond acceptors (Lipinski definition) is 6. The Labute approximate surface area is 119 Å². The van der Waals surface area contributed by atoms with Crippen LogP contribution in [-0.4, -0.2) is 24.3 Å². The zero-order chi connectivity index (χ0) is 13.8. The molecule has 19 heavy (non-hydrogen) atoms. The maximum atomic E-state index is 13.8. The van der Waals surface area contributed by atoms with E-state index in [0.29, 0.717) is 17.9 Å². The molecule has 0 saturated heterocycles. The number of aromatic nitrogens is 2. The van der Waals surface area contributed by atoms with Crippen LogP contribution in [0.2, 0.25) is 0 Å². The second-order valence-electron chi connectivity index (χ2n) is 4.16. The van der Waals surface area contributed by atoms with Crippen molar-refractivity contribution in [1.82, 2.24) is 10.2 Å². The van der Waals surface area contributed by atoms with Gasteiger partial charge < -0.3 is 10.6 Å². The SMILES string of the molecule is CN(C)c1nnc(SCc2ccc(CN)cc2F)s1. The highest BCUT2D eigenvalue weighted by atomic mass is 32.2. The summed E-state index contributed by atoms with van der Waals surface area (Å²) in [6, 6.07) is 5.12. The molecular weight excluding hydrogens is 283 g/mol. The molecule has 4 nitrogen and oxygen atoms in total. The predicted octanol–water partition coefficient (Wildman–Crippen LogP) is 2.49. The predicted molar refractivity (Wildman–Crippen MR) is 78.1 cm³/mol. The summed E-state index contributed by atoms with van der Waals surface area (Å²) >= 11 is 2.98. The molecule has 0 aliphatic carbocycles. The minimum absolute atomic E-state index is 0.215. The Kier molecular flexibility index (Phi) is 4.73. The summed E-state index contributed by atoms with van der Waals surface area (Å²) in [7, 11) is 3.83. The molecule has 1 aromatic heterocycles. The van der Waals surface area contributed by atoms with Gasteiger partial charge in [-0.25, -0.2) is 4.39 Å². The van der Waals surface area contributed by atoms with Crippen LogP contribution in [0.3, 0.4) is 0 Å². The van der Waals surface area contributed by atoms with Crippen LogP contribution in [-0.2, 0) is 12.3 Å². The van der Waals surface area contributed by atoms with Crippen LogP contribution >= 0.6 is 23.1 Å². The maximum absolute atomic E-state index is 13.8. The van der Waals surface area contributed by atoms with E-state index in [2.05, 4.69) is 10.2 Å². The van der Waals surface area contributed by atoms with Crippen molar-refractivity contribution in [2.75, 3.05) is 19.0 Å². The fourth-order valence-corrected chi connectivity index (χ4v) is 3.17. The first-order chi connectivity index (χ1) is 9.10. The van der Waals surface area contributed by atoms with Gasteiger partial charge in [0.25, 0.3) is 0 Å². The van der Waals surface area contributed by atoms with Gasteiger partial charge in [-0.15, -0.1) is 10.2 Å². The number of nitrogens with zero attached hydrogens (tertiary/aromatic N) is 3. The second-order valence-corrected chi connectivity index (χ2v) is 6.34. The van der Waals surface area contributed by atoms with Crippen molar-refractivity contribution in [3.63, 3.8) is 0 Å². The third-order valence-corrected chi connectivity index (χ3v) is 4.76. The number of benzene rings is 1. The second kappa shape index (κ2) is 6.31. The van der Waals surface area contributed by atoms with E-state index in [9.17, 15) is 4.39 Å². The van der Waals surface area contributed by atoms with Crippen molar-refractivity contribution in [3.05, 3.63) is 35.1 Å². The summed E-state index contributed by atoms with van der Waals surface area (Å²) in [5.74, 6) is 0.325. The molecule has 1 aromatic carbocycles. The minimum atomic E-state index is -0.215. The Hall–Kier alpha value is -1.18. The summed E-state index contributed by atoms with van der Waals surface area (Å²) in [4.78, 5) is 1.90. The van der Waals surface area contributed by atoms with Crippen LogP contribution in [0.25, 0.3) is 0 Å². The summed E-state index contributed by atoms with van der Waals surface area (Å²) in [5, 5.41) is 8.95. The Morgan fingerprint density at radius 3 is 2.74 bits per heavy atom. The summed E-state index contributed by atoms with van der Waals surface area (Å²) in [5.41, 5.74) is 6.93. The van der Waals surface area contributed by atoms with E-state index in [1.165, 1.54) is 29.2 Å². The van der Waals surface area contributed by atoms with Crippen molar-refractivity contribution < 1.29 is 4.39 Å². The molecule has 0 spiro atoms. The summed E-state index contributed by atoms with van der Waals surface area (Å²) in [6.07, 6.45) is 0. The largest absolute Gasteiger partial charge is 0.353 e. The highest BCUT2D eigenvalue weighted by Crippen LogP contribution is 2.30. The Balaban J connectivity index is 2.01. The van der Waals surface area contributed by atoms with Gasteiger partial charge in [0.05, 0.1) is 0 Å². The van der Waals surface area contributed by atoms with Crippen molar-refractivity contribution in [2.45, 2.75) is 16.6 Å². The fourth-order valence-electron chi connectivity index (χ4n) is 1.42. The molecule has 0 aliphatic heterocycles. The van der Waals surface area contributed by atoms with Gasteiger partial charge in [0.15, 0.2) is 4.34 Å². The van der Waals surface area contributed by atoms with Gasteiger partial charge in [-0.05, 0) is 17.2 Å². The lowest BCUT2D eigenvalue weighted by atomic mass is 10.1. The van der Waals surface area contributed by atoms with Gasteiger partial charge in [0.1, 0.15) is 5.82 Å². The summed E-state index contributed by atoms with van der Waals surface area (Å²) < 4.78 is 14.6. The van der Waals surface area contributed by atoms with E-state index in [1.54, 1.807) is 6.07 Å². The van der Waals surface area contributed by atoms with Crippen molar-refractivity contribution in [2.24, 2.45) is 5.73 Å². The van der Waals surface area contributed by atoms with Crippen LogP contribution in [0.5, 0.6) is 0 Å². The fraction of sp³-hybridized carbons (Fsp3) is 0.333. The Bertz CT molecular complexity index is 556. The molecule has 2 aromatic rings. The molecule has 0 amide bonds. The van der Waals surface area contributed by atoms with Crippen molar-refractivity contribution >= 4 is 28.2 Å². The number of thioether (sulfide) groups is 1. The lowest BCUT2D eigenvalue weighted by molar-refractivity contribution is 0.615. The zero-order valence-corrected chi connectivity index (χ0v) is 12.4. The Morgan fingerprint density at radius 1 is 1.37 bits per heavy atom. The monoisotopic (exact) mass is 298 g/mol. The van der Waals surface area contributed by atoms with Crippen molar-refractivity contribution in [3.8, 4) is 0 Å². The molecule has 0 unspecified atom stereocenters. The van der Waals surface area contributed by atoms with E-state index in [4.69, 9.17) is 5.73 Å². The molecular formula is C12H15FN4S2. The molecule has 0 fully saturated rings. The lowest BCUT2D eigenvalue weighted by Crippen LogP contribution is -2.07. The standard InChI is InChI=1S/C12H15FN4S2/c1-17(2)11-15-16-12(19-11)18-7-9-4-3-8(6-14)5-10(9)13/h3-5H,6-7,14H2,1-2H3. The van der Waals surface area contributed by atoms with Gasteiger partial charge in [0.2, 0.25) is 5.13 Å². The number of nitrogens with two attached hydrogens (primary N) is 1. The third-order valence-electron chi connectivity index (χ3n) is 2.48. The quantitative estimate of drug-likeness (QED) is 0.860. The molecule has 2 rings (SSSR count). The van der Waals surface area contributed by atoms with Crippen LogP contribution in [0.4, 0.5) is 9.52 Å². The number of anilines is 1. The molecule has 2 N–H and O–H groups in total. The topological polar surface area (TPSA) is 55.0 Å². The first kappa shape index (κ1) is 14.2. The number of halogens is 1. The summed E-state index contributed by atoms with van der Waals surface area (Å²) in [6.45, 7) is 0.354.